The Balaban J connectivity index is 1.46. The fraction of sp³-hybridized carbons (Fsp3) is 0.321. The Kier molecular flexibility index (Phi) is 6.87. The molecule has 1 aliphatic heterocycles. The Morgan fingerprint density at radius 3 is 2.00 bits per heavy atom. The summed E-state index contributed by atoms with van der Waals surface area (Å²) in [5, 5.41) is 0. The minimum Gasteiger partial charge on any atom is -0.489 e. The fourth-order valence-electron chi connectivity index (χ4n) is 3.69. The van der Waals surface area contributed by atoms with Crippen LogP contribution in [0.25, 0.3) is 0 Å². The van der Waals surface area contributed by atoms with Crippen LogP contribution >= 0.6 is 0 Å². The van der Waals surface area contributed by atoms with Crippen molar-refractivity contribution >= 4 is 6.09 Å². The van der Waals surface area contributed by atoms with Crippen molar-refractivity contribution in [3.05, 3.63) is 95.6 Å². The van der Waals surface area contributed by atoms with Gasteiger partial charge >= 0.3 is 6.09 Å². The summed E-state index contributed by atoms with van der Waals surface area (Å²) in [5.74, 6) is 1.75. The molecule has 0 spiro atoms. The van der Waals surface area contributed by atoms with Crippen molar-refractivity contribution in [1.82, 2.24) is 4.90 Å². The van der Waals surface area contributed by atoms with Crippen LogP contribution in [0.2, 0.25) is 0 Å². The molecule has 3 aromatic carbocycles. The van der Waals surface area contributed by atoms with Crippen LogP contribution in [-0.2, 0) is 18.0 Å². The number of rotatable bonds is 7. The van der Waals surface area contributed by atoms with Gasteiger partial charge in [-0.2, -0.15) is 0 Å². The predicted octanol–water partition coefficient (Wildman–Crippen LogP) is 6.18. The van der Waals surface area contributed by atoms with Crippen LogP contribution in [0, 0.1) is 0 Å². The van der Waals surface area contributed by atoms with Gasteiger partial charge in [0.15, 0.2) is 0 Å². The van der Waals surface area contributed by atoms with Crippen LogP contribution in [0.3, 0.4) is 0 Å². The molecule has 1 heterocycles. The summed E-state index contributed by atoms with van der Waals surface area (Å²) in [4.78, 5) is 14.1. The van der Waals surface area contributed by atoms with Crippen LogP contribution in [0.15, 0.2) is 78.9 Å². The highest BCUT2D eigenvalue weighted by Gasteiger charge is 2.36. The topological polar surface area (TPSA) is 48.0 Å². The number of nitrogens with zero attached hydrogens (tertiary/aromatic N) is 1. The Morgan fingerprint density at radius 2 is 1.42 bits per heavy atom. The highest BCUT2D eigenvalue weighted by Crippen LogP contribution is 2.37. The normalized spacial score (nSPS) is 13.8. The summed E-state index contributed by atoms with van der Waals surface area (Å²) in [7, 11) is 0. The molecule has 0 radical (unpaired) electrons. The van der Waals surface area contributed by atoms with Crippen molar-refractivity contribution < 1.29 is 19.0 Å². The average molecular weight is 446 g/mol. The van der Waals surface area contributed by atoms with Gasteiger partial charge in [0, 0.05) is 30.6 Å². The molecule has 1 fully saturated rings. The molecule has 0 N–H and O–H groups in total. The van der Waals surface area contributed by atoms with Gasteiger partial charge in [-0.15, -0.1) is 0 Å². The number of hydrogen-bond acceptors (Lipinski definition) is 4. The monoisotopic (exact) mass is 445 g/mol. The van der Waals surface area contributed by atoms with Gasteiger partial charge in [-0.3, -0.25) is 0 Å². The molecule has 0 saturated carbocycles. The number of benzene rings is 3. The number of carbonyl (C=O) groups excluding carboxylic acids is 1. The number of likely N-dealkylation sites (tertiary alicyclic amines) is 1. The summed E-state index contributed by atoms with van der Waals surface area (Å²) in [6.45, 7) is 7.83. The third-order valence-corrected chi connectivity index (χ3v) is 5.44. The molecule has 0 aromatic heterocycles. The maximum Gasteiger partial charge on any atom is 0.410 e. The van der Waals surface area contributed by atoms with E-state index in [2.05, 4.69) is 6.07 Å². The Morgan fingerprint density at radius 1 is 0.848 bits per heavy atom. The zero-order chi connectivity index (χ0) is 23.3. The van der Waals surface area contributed by atoms with Crippen molar-refractivity contribution in [2.45, 2.75) is 45.5 Å². The molecule has 0 aliphatic carbocycles. The molecule has 5 nitrogen and oxygen atoms in total. The van der Waals surface area contributed by atoms with E-state index in [1.165, 1.54) is 0 Å². The fourth-order valence-corrected chi connectivity index (χ4v) is 3.69. The average Bonchev–Trinajstić information content (AvgIpc) is 2.76. The van der Waals surface area contributed by atoms with Gasteiger partial charge in [0.1, 0.15) is 30.3 Å². The lowest BCUT2D eigenvalue weighted by molar-refractivity contribution is 0.00793. The van der Waals surface area contributed by atoms with Gasteiger partial charge in [-0.25, -0.2) is 4.79 Å². The second-order valence-electron chi connectivity index (χ2n) is 9.33. The molecule has 3 aromatic rings. The SMILES string of the molecule is CC(C)(C)OC(=O)N1CC(c2ccc(OCc3ccccc3)cc2OCc2ccccc2)C1. The lowest BCUT2D eigenvalue weighted by Crippen LogP contribution is -2.50. The molecular formula is C28H31NO4. The number of carbonyl (C=O) groups is 1. The molecular weight excluding hydrogens is 414 g/mol. The van der Waals surface area contributed by atoms with Gasteiger partial charge < -0.3 is 19.1 Å². The number of ether oxygens (including phenoxy) is 3. The third-order valence-electron chi connectivity index (χ3n) is 5.44. The first-order chi connectivity index (χ1) is 15.9. The van der Waals surface area contributed by atoms with E-state index in [9.17, 15) is 4.79 Å². The van der Waals surface area contributed by atoms with E-state index in [1.54, 1.807) is 4.90 Å². The quantitative estimate of drug-likeness (QED) is 0.436. The maximum atomic E-state index is 12.3. The van der Waals surface area contributed by atoms with Crippen LogP contribution in [0.1, 0.15) is 43.4 Å². The van der Waals surface area contributed by atoms with Gasteiger partial charge in [0.05, 0.1) is 0 Å². The molecule has 0 bridgehead atoms. The first-order valence-electron chi connectivity index (χ1n) is 11.3. The first kappa shape index (κ1) is 22.7. The molecule has 1 amide bonds. The molecule has 172 valence electrons. The summed E-state index contributed by atoms with van der Waals surface area (Å²) in [5.41, 5.74) is 2.80. The predicted molar refractivity (Wildman–Crippen MR) is 129 cm³/mol. The zero-order valence-electron chi connectivity index (χ0n) is 19.5. The molecule has 33 heavy (non-hydrogen) atoms. The van der Waals surface area contributed by atoms with Crippen LogP contribution in [0.5, 0.6) is 11.5 Å². The van der Waals surface area contributed by atoms with Crippen molar-refractivity contribution in [2.24, 2.45) is 0 Å². The second-order valence-corrected chi connectivity index (χ2v) is 9.33. The summed E-state index contributed by atoms with van der Waals surface area (Å²) in [6.07, 6.45) is -0.270. The summed E-state index contributed by atoms with van der Waals surface area (Å²) in [6, 6.07) is 26.2. The number of hydrogen-bond donors (Lipinski definition) is 0. The molecule has 1 aliphatic rings. The van der Waals surface area contributed by atoms with E-state index in [0.717, 1.165) is 28.2 Å². The van der Waals surface area contributed by atoms with Crippen LogP contribution in [-0.4, -0.2) is 29.7 Å². The van der Waals surface area contributed by atoms with Gasteiger partial charge in [0.2, 0.25) is 0 Å². The van der Waals surface area contributed by atoms with Gasteiger partial charge in [-0.05, 0) is 38.0 Å². The molecule has 0 unspecified atom stereocenters. The van der Waals surface area contributed by atoms with Crippen LogP contribution < -0.4 is 9.47 Å². The molecule has 5 heteroatoms. The van der Waals surface area contributed by atoms with E-state index in [-0.39, 0.29) is 12.0 Å². The highest BCUT2D eigenvalue weighted by atomic mass is 16.6. The van der Waals surface area contributed by atoms with Gasteiger partial charge in [0.25, 0.3) is 0 Å². The summed E-state index contributed by atoms with van der Waals surface area (Å²) < 4.78 is 17.7. The minimum atomic E-state index is -0.496. The van der Waals surface area contributed by atoms with Crippen LogP contribution in [0.4, 0.5) is 4.79 Å². The van der Waals surface area contributed by atoms with Crippen molar-refractivity contribution in [3.63, 3.8) is 0 Å². The highest BCUT2D eigenvalue weighted by molar-refractivity contribution is 5.69. The van der Waals surface area contributed by atoms with E-state index in [0.29, 0.717) is 26.3 Å². The van der Waals surface area contributed by atoms with E-state index in [4.69, 9.17) is 14.2 Å². The lowest BCUT2D eigenvalue weighted by atomic mass is 9.91. The van der Waals surface area contributed by atoms with Crippen molar-refractivity contribution in [3.8, 4) is 11.5 Å². The zero-order valence-corrected chi connectivity index (χ0v) is 19.5. The standard InChI is InChI=1S/C28H31NO4/c1-28(2,3)33-27(30)29-17-23(18-29)25-15-14-24(31-19-21-10-6-4-7-11-21)16-26(25)32-20-22-12-8-5-9-13-22/h4-16,23H,17-20H2,1-3H3. The Labute approximate surface area is 195 Å². The van der Waals surface area contributed by atoms with E-state index >= 15 is 0 Å². The third kappa shape index (κ3) is 6.28. The smallest absolute Gasteiger partial charge is 0.410 e. The molecule has 0 atom stereocenters. The maximum absolute atomic E-state index is 12.3. The van der Waals surface area contributed by atoms with Crippen molar-refractivity contribution in [2.75, 3.05) is 13.1 Å². The van der Waals surface area contributed by atoms with E-state index < -0.39 is 5.60 Å². The van der Waals surface area contributed by atoms with E-state index in [1.807, 2.05) is 93.6 Å². The largest absolute Gasteiger partial charge is 0.489 e. The molecule has 1 saturated heterocycles. The Hall–Kier alpha value is -3.47. The summed E-state index contributed by atoms with van der Waals surface area (Å²) >= 11 is 0. The second kappa shape index (κ2) is 9.99. The van der Waals surface area contributed by atoms with Gasteiger partial charge in [-0.1, -0.05) is 66.7 Å². The minimum absolute atomic E-state index is 0.200. The first-order valence-corrected chi connectivity index (χ1v) is 11.3. The lowest BCUT2D eigenvalue weighted by Gasteiger charge is -2.40. The number of amides is 1. The molecule has 4 rings (SSSR count). The Bertz CT molecular complexity index is 1050. The van der Waals surface area contributed by atoms with Crippen molar-refractivity contribution in [1.29, 1.82) is 0 Å².